The number of anilines is 1. The van der Waals surface area contributed by atoms with E-state index in [4.69, 9.17) is 14.7 Å². The van der Waals surface area contributed by atoms with E-state index in [9.17, 15) is 0 Å². The van der Waals surface area contributed by atoms with Gasteiger partial charge in [-0.05, 0) is 18.8 Å². The van der Waals surface area contributed by atoms with Crippen LogP contribution in [0.1, 0.15) is 55.3 Å². The summed E-state index contributed by atoms with van der Waals surface area (Å²) in [5.74, 6) is 4.47. The third-order valence-electron chi connectivity index (χ3n) is 4.42. The van der Waals surface area contributed by atoms with Crippen molar-refractivity contribution in [2.75, 3.05) is 19.5 Å². The molecule has 0 radical (unpaired) electrons. The number of thioether (sulfide) groups is 1. The lowest BCUT2D eigenvalue weighted by Gasteiger charge is -2.28. The van der Waals surface area contributed by atoms with Crippen molar-refractivity contribution in [1.29, 1.82) is 0 Å². The van der Waals surface area contributed by atoms with E-state index in [0.29, 0.717) is 5.92 Å². The Morgan fingerprint density at radius 3 is 2.70 bits per heavy atom. The van der Waals surface area contributed by atoms with Crippen molar-refractivity contribution >= 4 is 17.6 Å². The molecule has 0 spiro atoms. The van der Waals surface area contributed by atoms with E-state index in [0.717, 1.165) is 23.1 Å². The van der Waals surface area contributed by atoms with E-state index in [1.807, 2.05) is 18.8 Å². The number of hydrogen-bond donors (Lipinski definition) is 1. The van der Waals surface area contributed by atoms with Gasteiger partial charge in [-0.1, -0.05) is 19.3 Å². The van der Waals surface area contributed by atoms with Crippen LogP contribution in [0.5, 0.6) is 0 Å². The molecule has 1 aromatic rings. The van der Waals surface area contributed by atoms with Gasteiger partial charge < -0.3 is 10.1 Å². The molecule has 1 aromatic heterocycles. The van der Waals surface area contributed by atoms with Crippen LogP contribution >= 0.6 is 11.8 Å². The van der Waals surface area contributed by atoms with Gasteiger partial charge in [0.05, 0.1) is 5.69 Å². The van der Waals surface area contributed by atoms with E-state index in [2.05, 4.69) is 5.32 Å². The topological polar surface area (TPSA) is 47.0 Å². The van der Waals surface area contributed by atoms with Gasteiger partial charge in [-0.25, -0.2) is 9.97 Å². The number of rotatable bonds is 4. The molecule has 1 unspecified atom stereocenters. The minimum absolute atomic E-state index is 0.0540. The molecule has 1 N–H and O–H groups in total. The molecule has 2 heterocycles. The Kier molecular flexibility index (Phi) is 4.46. The normalized spacial score (nSPS) is 20.7. The van der Waals surface area contributed by atoms with Crippen LogP contribution in [0.15, 0.2) is 0 Å². The number of aromatic nitrogens is 2. The van der Waals surface area contributed by atoms with Crippen LogP contribution in [-0.4, -0.2) is 24.1 Å². The Labute approximate surface area is 125 Å². The van der Waals surface area contributed by atoms with Crippen molar-refractivity contribution < 1.29 is 4.74 Å². The van der Waals surface area contributed by atoms with Crippen LogP contribution in [0.25, 0.3) is 0 Å². The fourth-order valence-corrected chi connectivity index (χ4v) is 4.39. The van der Waals surface area contributed by atoms with Gasteiger partial charge in [-0.2, -0.15) is 11.8 Å². The fourth-order valence-electron chi connectivity index (χ4n) is 3.35. The highest BCUT2D eigenvalue weighted by Gasteiger charge is 2.29. The Balaban J connectivity index is 1.91. The lowest BCUT2D eigenvalue weighted by Crippen LogP contribution is -2.21. The quantitative estimate of drug-likeness (QED) is 0.920. The molecule has 1 saturated carbocycles. The molecular weight excluding hydrogens is 270 g/mol. The maximum Gasteiger partial charge on any atom is 0.160 e. The molecule has 1 aliphatic heterocycles. The van der Waals surface area contributed by atoms with E-state index >= 15 is 0 Å². The van der Waals surface area contributed by atoms with Crippen LogP contribution in [0, 0.1) is 5.92 Å². The molecule has 0 saturated heterocycles. The monoisotopic (exact) mass is 293 g/mol. The zero-order chi connectivity index (χ0) is 13.9. The summed E-state index contributed by atoms with van der Waals surface area (Å²) < 4.78 is 5.78. The smallest absolute Gasteiger partial charge is 0.160 e. The van der Waals surface area contributed by atoms with E-state index < -0.39 is 0 Å². The second kappa shape index (κ2) is 6.31. The second-order valence-corrected chi connectivity index (χ2v) is 6.64. The number of nitrogens with zero attached hydrogens (tertiary/aromatic N) is 2. The first-order valence-corrected chi connectivity index (χ1v) is 8.67. The van der Waals surface area contributed by atoms with Gasteiger partial charge in [-0.15, -0.1) is 0 Å². The number of ether oxygens (including phenoxy) is 1. The van der Waals surface area contributed by atoms with Gasteiger partial charge in [0.25, 0.3) is 0 Å². The highest BCUT2D eigenvalue weighted by atomic mass is 32.2. The first kappa shape index (κ1) is 14.1. The molecule has 1 aliphatic carbocycles. The molecular formula is C15H23N3OS. The van der Waals surface area contributed by atoms with Crippen molar-refractivity contribution in [3.05, 3.63) is 17.1 Å². The Hall–Kier alpha value is -0.810. The molecule has 2 aliphatic rings. The summed E-state index contributed by atoms with van der Waals surface area (Å²) in [6.45, 7) is 0. The average Bonchev–Trinajstić information content (AvgIpc) is 2.97. The Bertz CT molecular complexity index is 474. The number of fused-ring (bicyclic) bond motifs is 1. The number of methoxy groups -OCH3 is 1. The third kappa shape index (κ3) is 2.66. The van der Waals surface area contributed by atoms with E-state index in [1.165, 1.54) is 43.4 Å². The van der Waals surface area contributed by atoms with Crippen molar-refractivity contribution in [2.24, 2.45) is 5.92 Å². The van der Waals surface area contributed by atoms with Crippen LogP contribution in [0.3, 0.4) is 0 Å². The molecule has 0 aromatic carbocycles. The Morgan fingerprint density at radius 2 is 2.00 bits per heavy atom. The first-order valence-electron chi connectivity index (χ1n) is 7.51. The molecule has 4 nitrogen and oxygen atoms in total. The van der Waals surface area contributed by atoms with Gasteiger partial charge in [-0.3, -0.25) is 0 Å². The third-order valence-corrected chi connectivity index (χ3v) is 5.39. The molecule has 0 bridgehead atoms. The standard InChI is InChI=1S/C15H23N3OS/c1-16-14-11-8-20-9-12(11)17-15(18-14)13(19-2)10-6-4-3-5-7-10/h10,13H,3-9H2,1-2H3,(H,16,17,18). The van der Waals surface area contributed by atoms with Crippen molar-refractivity contribution in [3.63, 3.8) is 0 Å². The SMILES string of the molecule is CNc1nc(C(OC)C2CCCCC2)nc2c1CSC2. The first-order chi connectivity index (χ1) is 9.83. The Morgan fingerprint density at radius 1 is 1.20 bits per heavy atom. The van der Waals surface area contributed by atoms with E-state index in [1.54, 1.807) is 7.11 Å². The van der Waals surface area contributed by atoms with E-state index in [-0.39, 0.29) is 6.10 Å². The minimum Gasteiger partial charge on any atom is -0.373 e. The lowest BCUT2D eigenvalue weighted by atomic mass is 9.85. The number of nitrogens with one attached hydrogen (secondary N) is 1. The zero-order valence-corrected chi connectivity index (χ0v) is 13.1. The van der Waals surface area contributed by atoms with Crippen LogP contribution in [-0.2, 0) is 16.2 Å². The summed E-state index contributed by atoms with van der Waals surface area (Å²) in [7, 11) is 3.74. The maximum atomic E-state index is 5.78. The van der Waals surface area contributed by atoms with Crippen LogP contribution < -0.4 is 5.32 Å². The summed E-state index contributed by atoms with van der Waals surface area (Å²) in [4.78, 5) is 9.56. The lowest BCUT2D eigenvalue weighted by molar-refractivity contribution is 0.0289. The zero-order valence-electron chi connectivity index (χ0n) is 12.3. The van der Waals surface area contributed by atoms with Crippen molar-refractivity contribution in [1.82, 2.24) is 9.97 Å². The summed E-state index contributed by atoms with van der Waals surface area (Å²) in [6.07, 6.45) is 6.51. The minimum atomic E-state index is 0.0540. The number of hydrogen-bond acceptors (Lipinski definition) is 5. The van der Waals surface area contributed by atoms with Crippen LogP contribution in [0.4, 0.5) is 5.82 Å². The maximum absolute atomic E-state index is 5.78. The van der Waals surface area contributed by atoms with Gasteiger partial charge in [0.15, 0.2) is 5.82 Å². The van der Waals surface area contributed by atoms with Gasteiger partial charge in [0.1, 0.15) is 11.9 Å². The summed E-state index contributed by atoms with van der Waals surface area (Å²) in [5.41, 5.74) is 2.47. The average molecular weight is 293 g/mol. The highest BCUT2D eigenvalue weighted by molar-refractivity contribution is 7.98. The molecule has 3 rings (SSSR count). The molecule has 1 atom stereocenters. The van der Waals surface area contributed by atoms with Gasteiger partial charge >= 0.3 is 0 Å². The van der Waals surface area contributed by atoms with Crippen LogP contribution in [0.2, 0.25) is 0 Å². The molecule has 5 heteroatoms. The molecule has 110 valence electrons. The summed E-state index contributed by atoms with van der Waals surface area (Å²) in [5, 5.41) is 3.23. The summed E-state index contributed by atoms with van der Waals surface area (Å²) in [6, 6.07) is 0. The predicted octanol–water partition coefficient (Wildman–Crippen LogP) is 3.53. The molecule has 20 heavy (non-hydrogen) atoms. The molecule has 1 fully saturated rings. The summed E-state index contributed by atoms with van der Waals surface area (Å²) >= 11 is 1.91. The van der Waals surface area contributed by atoms with Crippen molar-refractivity contribution in [2.45, 2.75) is 49.7 Å². The molecule has 0 amide bonds. The predicted molar refractivity (Wildman–Crippen MR) is 82.9 cm³/mol. The largest absolute Gasteiger partial charge is 0.373 e. The van der Waals surface area contributed by atoms with Crippen molar-refractivity contribution in [3.8, 4) is 0 Å². The van der Waals surface area contributed by atoms with Gasteiger partial charge in [0.2, 0.25) is 0 Å². The fraction of sp³-hybridized carbons (Fsp3) is 0.733. The highest BCUT2D eigenvalue weighted by Crippen LogP contribution is 2.38. The second-order valence-electron chi connectivity index (χ2n) is 5.65. The van der Waals surface area contributed by atoms with Gasteiger partial charge in [0, 0.05) is 31.2 Å².